The van der Waals surface area contributed by atoms with Crippen molar-refractivity contribution in [1.29, 1.82) is 0 Å². The summed E-state index contributed by atoms with van der Waals surface area (Å²) in [6.45, 7) is 3.32. The molecular formula is C21H18ClF3N4O5. The van der Waals surface area contributed by atoms with Crippen molar-refractivity contribution in [2.45, 2.75) is 25.1 Å². The maximum Gasteiger partial charge on any atom is 0.451 e. The molecule has 0 bridgehead atoms. The van der Waals surface area contributed by atoms with Crippen molar-refractivity contribution in [3.8, 4) is 11.5 Å². The van der Waals surface area contributed by atoms with Crippen molar-refractivity contribution < 1.29 is 37.0 Å². The molecule has 1 aliphatic rings. The topological polar surface area (TPSA) is 120 Å². The van der Waals surface area contributed by atoms with Crippen LogP contribution in [0.4, 0.5) is 13.2 Å². The van der Waals surface area contributed by atoms with Gasteiger partial charge >= 0.3 is 6.18 Å². The number of benzene rings is 1. The number of hydrogen-bond acceptors (Lipinski definition) is 7. The number of alkyl halides is 3. The summed E-state index contributed by atoms with van der Waals surface area (Å²) < 4.78 is 47.9. The molecule has 180 valence electrons. The second kappa shape index (κ2) is 10.5. The first kappa shape index (κ1) is 25.0. The van der Waals surface area contributed by atoms with E-state index in [9.17, 15) is 27.6 Å². The predicted molar refractivity (Wildman–Crippen MR) is 112 cm³/mol. The van der Waals surface area contributed by atoms with Gasteiger partial charge in [0.25, 0.3) is 11.8 Å². The minimum absolute atomic E-state index is 0.0939. The lowest BCUT2D eigenvalue weighted by Gasteiger charge is -2.24. The quantitative estimate of drug-likeness (QED) is 0.574. The Bertz CT molecular complexity index is 1110. The first-order valence-electron chi connectivity index (χ1n) is 9.79. The monoisotopic (exact) mass is 498 g/mol. The normalized spacial score (nSPS) is 15.1. The molecule has 0 spiro atoms. The Morgan fingerprint density at radius 1 is 1.26 bits per heavy atom. The highest BCUT2D eigenvalue weighted by Crippen LogP contribution is 2.30. The van der Waals surface area contributed by atoms with Crippen LogP contribution in [0.15, 0.2) is 42.9 Å². The molecule has 0 saturated heterocycles. The maximum atomic E-state index is 12.4. The minimum Gasteiger partial charge on any atom is -0.481 e. The molecule has 2 amide bonds. The van der Waals surface area contributed by atoms with Gasteiger partial charge in [0.15, 0.2) is 24.2 Å². The second-order valence-electron chi connectivity index (χ2n) is 7.10. The molecule has 1 aliphatic heterocycles. The van der Waals surface area contributed by atoms with Crippen molar-refractivity contribution in [1.82, 2.24) is 20.6 Å². The van der Waals surface area contributed by atoms with E-state index >= 15 is 0 Å². The van der Waals surface area contributed by atoms with Crippen LogP contribution in [0.3, 0.4) is 0 Å². The number of carbonyl (C=O) groups excluding carboxylic acids is 3. The number of amides is 2. The van der Waals surface area contributed by atoms with Crippen molar-refractivity contribution >= 4 is 29.2 Å². The number of Topliss-reactive ketones (excluding diaryl/α,β-unsaturated/α-hetero) is 1. The Morgan fingerprint density at radius 3 is 2.65 bits per heavy atom. The molecule has 0 fully saturated rings. The average molecular weight is 499 g/mol. The Hall–Kier alpha value is -3.67. The summed E-state index contributed by atoms with van der Waals surface area (Å²) in [5.41, 5.74) is 0.587. The summed E-state index contributed by atoms with van der Waals surface area (Å²) in [6, 6.07) is 4.53. The molecule has 2 heterocycles. The Morgan fingerprint density at radius 2 is 1.97 bits per heavy atom. The van der Waals surface area contributed by atoms with E-state index in [-0.39, 0.29) is 42.4 Å². The molecule has 0 radical (unpaired) electrons. The van der Waals surface area contributed by atoms with Crippen LogP contribution in [0.1, 0.15) is 29.0 Å². The Kier molecular flexibility index (Phi) is 7.72. The van der Waals surface area contributed by atoms with Gasteiger partial charge in [-0.1, -0.05) is 18.2 Å². The van der Waals surface area contributed by atoms with E-state index in [1.807, 2.05) is 0 Å². The molecule has 1 aromatic carbocycles. The van der Waals surface area contributed by atoms with Crippen LogP contribution in [-0.2, 0) is 15.8 Å². The van der Waals surface area contributed by atoms with E-state index < -0.39 is 36.5 Å². The lowest BCUT2D eigenvalue weighted by Crippen LogP contribution is -2.42. The number of carbonyl (C=O) groups is 3. The van der Waals surface area contributed by atoms with Gasteiger partial charge in [-0.3, -0.25) is 14.4 Å². The van der Waals surface area contributed by atoms with Gasteiger partial charge in [-0.05, 0) is 18.2 Å². The maximum absolute atomic E-state index is 12.4. The van der Waals surface area contributed by atoms with Crippen molar-refractivity contribution in [3.63, 3.8) is 0 Å². The zero-order chi connectivity index (χ0) is 24.9. The summed E-state index contributed by atoms with van der Waals surface area (Å²) >= 11 is 5.87. The van der Waals surface area contributed by atoms with Crippen LogP contribution in [0.25, 0.3) is 0 Å². The Labute approximate surface area is 196 Å². The van der Waals surface area contributed by atoms with Crippen LogP contribution >= 0.6 is 11.6 Å². The highest BCUT2D eigenvalue weighted by molar-refractivity contribution is 6.31. The highest BCUT2D eigenvalue weighted by Gasteiger charge is 2.34. The first-order valence-corrected chi connectivity index (χ1v) is 10.2. The third-order valence-electron chi connectivity index (χ3n) is 4.48. The molecule has 2 N–H and O–H groups in total. The van der Waals surface area contributed by atoms with E-state index in [4.69, 9.17) is 21.1 Å². The molecule has 13 heteroatoms. The van der Waals surface area contributed by atoms with Gasteiger partial charge in [0, 0.05) is 23.7 Å². The van der Waals surface area contributed by atoms with Gasteiger partial charge < -0.3 is 20.1 Å². The summed E-state index contributed by atoms with van der Waals surface area (Å²) in [6.07, 6.45) is -4.07. The smallest absolute Gasteiger partial charge is 0.451 e. The van der Waals surface area contributed by atoms with Gasteiger partial charge in [0.05, 0.1) is 24.4 Å². The minimum atomic E-state index is -4.68. The van der Waals surface area contributed by atoms with Crippen molar-refractivity contribution in [3.05, 3.63) is 59.3 Å². The molecular weight excluding hydrogens is 481 g/mol. The van der Waals surface area contributed by atoms with E-state index in [0.29, 0.717) is 10.6 Å². The van der Waals surface area contributed by atoms with E-state index in [1.54, 1.807) is 6.07 Å². The lowest BCUT2D eigenvalue weighted by atomic mass is 10.0. The number of hydrogen-bond donors (Lipinski definition) is 2. The van der Waals surface area contributed by atoms with Crippen molar-refractivity contribution in [2.75, 3.05) is 13.2 Å². The van der Waals surface area contributed by atoms with E-state index in [1.165, 1.54) is 12.1 Å². The number of nitrogens with zero attached hydrogens (tertiary/aromatic N) is 2. The highest BCUT2D eigenvalue weighted by atomic mass is 35.5. The fraction of sp³-hybridized carbons (Fsp3) is 0.286. The summed E-state index contributed by atoms with van der Waals surface area (Å²) in [5, 5.41) is 5.42. The number of halogens is 4. The molecule has 0 aliphatic carbocycles. The molecule has 3 rings (SSSR count). The number of rotatable bonds is 8. The number of ether oxygens (including phenoxy) is 2. The van der Waals surface area contributed by atoms with Crippen LogP contribution in [0, 0.1) is 0 Å². The fourth-order valence-electron chi connectivity index (χ4n) is 2.85. The Balaban J connectivity index is 1.38. The SMILES string of the molecule is C=C(CCNC(=O)COc1cnc(C(F)(F)F)nc1)NC(=O)[C@H]1CC(=O)c2cc(Cl)ccc2O1. The van der Waals surface area contributed by atoms with E-state index in [0.717, 1.165) is 12.4 Å². The standard InChI is InChI=1S/C21H18ClF3N4O5/c1-11(29-19(32)17-7-15(30)14-6-12(22)2-3-16(14)34-17)4-5-26-18(31)10-33-13-8-27-20(28-9-13)21(23,24)25/h2-3,6,8-9,17H,1,4-5,7,10H2,(H,26,31)(H,29,32)/t17-/m1/s1. The molecule has 34 heavy (non-hydrogen) atoms. The fourth-order valence-corrected chi connectivity index (χ4v) is 3.02. The van der Waals surface area contributed by atoms with Gasteiger partial charge in [-0.2, -0.15) is 13.2 Å². The van der Waals surface area contributed by atoms with Crippen LogP contribution < -0.4 is 20.1 Å². The van der Waals surface area contributed by atoms with Crippen LogP contribution in [0.5, 0.6) is 11.5 Å². The molecule has 1 atom stereocenters. The third-order valence-corrected chi connectivity index (χ3v) is 4.71. The average Bonchev–Trinajstić information content (AvgIpc) is 2.77. The molecule has 9 nitrogen and oxygen atoms in total. The zero-order valence-corrected chi connectivity index (χ0v) is 18.2. The third kappa shape index (κ3) is 6.67. The van der Waals surface area contributed by atoms with Gasteiger partial charge in [-0.25, -0.2) is 9.97 Å². The number of nitrogens with one attached hydrogen (secondary N) is 2. The summed E-state index contributed by atoms with van der Waals surface area (Å²) in [7, 11) is 0. The van der Waals surface area contributed by atoms with Crippen LogP contribution in [-0.4, -0.2) is 46.8 Å². The van der Waals surface area contributed by atoms with Crippen LogP contribution in [0.2, 0.25) is 5.02 Å². The van der Waals surface area contributed by atoms with Crippen molar-refractivity contribution in [2.24, 2.45) is 0 Å². The first-order chi connectivity index (χ1) is 16.0. The lowest BCUT2D eigenvalue weighted by molar-refractivity contribution is -0.145. The molecule has 1 aromatic heterocycles. The predicted octanol–water partition coefficient (Wildman–Crippen LogP) is 2.70. The number of fused-ring (bicyclic) bond motifs is 1. The molecule has 2 aromatic rings. The second-order valence-corrected chi connectivity index (χ2v) is 7.53. The summed E-state index contributed by atoms with van der Waals surface area (Å²) in [4.78, 5) is 42.7. The van der Waals surface area contributed by atoms with Gasteiger partial charge in [-0.15, -0.1) is 0 Å². The molecule has 0 unspecified atom stereocenters. The summed E-state index contributed by atoms with van der Waals surface area (Å²) in [5.74, 6) is -2.56. The molecule has 0 saturated carbocycles. The van der Waals surface area contributed by atoms with Gasteiger partial charge in [0.1, 0.15) is 5.75 Å². The zero-order valence-electron chi connectivity index (χ0n) is 17.4. The largest absolute Gasteiger partial charge is 0.481 e. The number of ketones is 1. The number of aromatic nitrogens is 2. The van der Waals surface area contributed by atoms with E-state index in [2.05, 4.69) is 27.2 Å². The van der Waals surface area contributed by atoms with Gasteiger partial charge in [0.2, 0.25) is 5.82 Å².